The molecule has 1 aliphatic heterocycles. The highest BCUT2D eigenvalue weighted by molar-refractivity contribution is 5.79. The van der Waals surface area contributed by atoms with Gasteiger partial charge in [-0.3, -0.25) is 14.9 Å². The van der Waals surface area contributed by atoms with E-state index in [0.717, 1.165) is 13.0 Å². The van der Waals surface area contributed by atoms with Crippen molar-refractivity contribution in [1.29, 1.82) is 0 Å². The third-order valence-corrected chi connectivity index (χ3v) is 4.59. The number of carbonyl (C=O) groups excluding carboxylic acids is 1. The number of amides is 1. The van der Waals surface area contributed by atoms with Crippen LogP contribution in [-0.2, 0) is 17.6 Å². The van der Waals surface area contributed by atoms with Gasteiger partial charge in [-0.25, -0.2) is 0 Å². The Balaban J connectivity index is 1.57. The summed E-state index contributed by atoms with van der Waals surface area (Å²) in [6.45, 7) is 3.53. The number of rotatable bonds is 6. The molecule has 6 nitrogen and oxygen atoms in total. The molecule has 130 valence electrons. The number of nitro benzene ring substituents is 1. The van der Waals surface area contributed by atoms with Gasteiger partial charge in [-0.2, -0.15) is 0 Å². The first-order valence-corrected chi connectivity index (χ1v) is 8.40. The van der Waals surface area contributed by atoms with Crippen molar-refractivity contribution in [2.75, 3.05) is 18.0 Å². The topological polar surface area (TPSA) is 75.5 Å². The molecule has 25 heavy (non-hydrogen) atoms. The summed E-state index contributed by atoms with van der Waals surface area (Å²) in [6.07, 6.45) is 1.03. The molecule has 0 saturated heterocycles. The summed E-state index contributed by atoms with van der Waals surface area (Å²) in [5.74, 6) is -0.200. The fourth-order valence-corrected chi connectivity index (χ4v) is 3.27. The molecule has 1 aliphatic rings. The van der Waals surface area contributed by atoms with Gasteiger partial charge in [0.1, 0.15) is 0 Å². The van der Waals surface area contributed by atoms with E-state index >= 15 is 0 Å². The van der Waals surface area contributed by atoms with E-state index in [1.165, 1.54) is 17.3 Å². The van der Waals surface area contributed by atoms with Crippen LogP contribution in [0.1, 0.15) is 18.1 Å². The molecule has 0 aliphatic carbocycles. The Hall–Kier alpha value is -2.89. The maximum atomic E-state index is 12.2. The number of nitrogens with one attached hydrogen (secondary N) is 1. The van der Waals surface area contributed by atoms with Crippen LogP contribution in [0.3, 0.4) is 0 Å². The molecule has 6 heteroatoms. The lowest BCUT2D eigenvalue weighted by atomic mass is 10.1. The second-order valence-electron chi connectivity index (χ2n) is 6.29. The maximum Gasteiger partial charge on any atom is 0.273 e. The zero-order chi connectivity index (χ0) is 17.8. The van der Waals surface area contributed by atoms with Crippen molar-refractivity contribution in [2.24, 2.45) is 0 Å². The van der Waals surface area contributed by atoms with Crippen LogP contribution in [0.2, 0.25) is 0 Å². The summed E-state index contributed by atoms with van der Waals surface area (Å²) >= 11 is 0. The number of hydrogen-bond acceptors (Lipinski definition) is 4. The van der Waals surface area contributed by atoms with Gasteiger partial charge in [0, 0.05) is 36.4 Å². The van der Waals surface area contributed by atoms with Crippen molar-refractivity contribution in [1.82, 2.24) is 5.32 Å². The van der Waals surface area contributed by atoms with Gasteiger partial charge in [-0.15, -0.1) is 0 Å². The van der Waals surface area contributed by atoms with Crippen LogP contribution in [0.15, 0.2) is 48.5 Å². The third-order valence-electron chi connectivity index (χ3n) is 4.59. The first-order valence-electron chi connectivity index (χ1n) is 8.40. The average molecular weight is 339 g/mol. The third kappa shape index (κ3) is 3.79. The van der Waals surface area contributed by atoms with E-state index in [2.05, 4.69) is 29.3 Å². The van der Waals surface area contributed by atoms with Crippen LogP contribution in [0.4, 0.5) is 11.4 Å². The summed E-state index contributed by atoms with van der Waals surface area (Å²) in [6, 6.07) is 14.8. The molecule has 1 atom stereocenters. The minimum absolute atomic E-state index is 0.0143. The van der Waals surface area contributed by atoms with Crippen molar-refractivity contribution >= 4 is 17.3 Å². The van der Waals surface area contributed by atoms with Gasteiger partial charge >= 0.3 is 0 Å². The van der Waals surface area contributed by atoms with Gasteiger partial charge in [0.2, 0.25) is 5.91 Å². The van der Waals surface area contributed by atoms with Gasteiger partial charge in [0.15, 0.2) is 0 Å². The number of nitro groups is 1. The molecule has 1 heterocycles. The minimum Gasteiger partial charge on any atom is -0.366 e. The number of fused-ring (bicyclic) bond motifs is 1. The molecule has 0 fully saturated rings. The van der Waals surface area contributed by atoms with Crippen molar-refractivity contribution in [2.45, 2.75) is 25.8 Å². The molecular weight excluding hydrogens is 318 g/mol. The highest BCUT2D eigenvalue weighted by atomic mass is 16.6. The van der Waals surface area contributed by atoms with E-state index in [1.807, 2.05) is 12.1 Å². The van der Waals surface area contributed by atoms with Crippen molar-refractivity contribution in [3.8, 4) is 0 Å². The van der Waals surface area contributed by atoms with Gasteiger partial charge in [-0.05, 0) is 25.0 Å². The molecular formula is C19H21N3O3. The van der Waals surface area contributed by atoms with Crippen LogP contribution in [0.25, 0.3) is 0 Å². The summed E-state index contributed by atoms with van der Waals surface area (Å²) < 4.78 is 0. The zero-order valence-corrected chi connectivity index (χ0v) is 14.1. The van der Waals surface area contributed by atoms with E-state index in [9.17, 15) is 14.9 Å². The predicted octanol–water partition coefficient (Wildman–Crippen LogP) is 2.70. The van der Waals surface area contributed by atoms with Crippen molar-refractivity contribution in [3.05, 3.63) is 69.8 Å². The SMILES string of the molecule is CC(CNC(=O)Cc1ccccc1[N+](=O)[O-])N1CCc2ccccc21. The smallest absolute Gasteiger partial charge is 0.273 e. The Morgan fingerprint density at radius 3 is 2.76 bits per heavy atom. The zero-order valence-electron chi connectivity index (χ0n) is 14.1. The van der Waals surface area contributed by atoms with E-state index in [-0.39, 0.29) is 24.1 Å². The van der Waals surface area contributed by atoms with Crippen molar-refractivity contribution in [3.63, 3.8) is 0 Å². The molecule has 2 aromatic rings. The second kappa shape index (κ2) is 7.34. The molecule has 1 N–H and O–H groups in total. The lowest BCUT2D eigenvalue weighted by molar-refractivity contribution is -0.385. The Labute approximate surface area is 146 Å². The summed E-state index contributed by atoms with van der Waals surface area (Å²) in [5, 5.41) is 13.9. The van der Waals surface area contributed by atoms with Gasteiger partial charge in [0.05, 0.1) is 11.3 Å². The Kier molecular flexibility index (Phi) is 4.97. The van der Waals surface area contributed by atoms with Crippen LogP contribution in [0, 0.1) is 10.1 Å². The van der Waals surface area contributed by atoms with Gasteiger partial charge in [-0.1, -0.05) is 36.4 Å². The lowest BCUT2D eigenvalue weighted by Gasteiger charge is -2.27. The highest BCUT2D eigenvalue weighted by Crippen LogP contribution is 2.28. The first kappa shape index (κ1) is 17.0. The molecule has 0 saturated carbocycles. The molecule has 0 spiro atoms. The summed E-state index contributed by atoms with van der Waals surface area (Å²) in [5.41, 5.74) is 2.98. The molecule has 1 unspecified atom stereocenters. The molecule has 2 aromatic carbocycles. The Bertz CT molecular complexity index is 791. The second-order valence-corrected chi connectivity index (χ2v) is 6.29. The molecule has 1 amide bonds. The van der Waals surface area contributed by atoms with Crippen LogP contribution in [0.5, 0.6) is 0 Å². The molecule has 0 aromatic heterocycles. The largest absolute Gasteiger partial charge is 0.366 e. The highest BCUT2D eigenvalue weighted by Gasteiger charge is 2.23. The van der Waals surface area contributed by atoms with E-state index in [0.29, 0.717) is 12.1 Å². The molecule has 0 bridgehead atoms. The van der Waals surface area contributed by atoms with Crippen LogP contribution >= 0.6 is 0 Å². The number of para-hydroxylation sites is 2. The first-order chi connectivity index (χ1) is 12.1. The van der Waals surface area contributed by atoms with E-state index < -0.39 is 4.92 Å². The minimum atomic E-state index is -0.452. The monoisotopic (exact) mass is 339 g/mol. The number of hydrogen-bond donors (Lipinski definition) is 1. The number of anilines is 1. The number of benzene rings is 2. The van der Waals surface area contributed by atoms with Gasteiger partial charge < -0.3 is 10.2 Å². The predicted molar refractivity (Wildman–Crippen MR) is 96.8 cm³/mol. The normalized spacial score (nSPS) is 14.0. The lowest BCUT2D eigenvalue weighted by Crippen LogP contribution is -2.41. The number of carbonyl (C=O) groups is 1. The quantitative estimate of drug-likeness (QED) is 0.648. The number of nitrogens with zero attached hydrogens (tertiary/aromatic N) is 2. The van der Waals surface area contributed by atoms with Crippen LogP contribution in [-0.4, -0.2) is 30.0 Å². The summed E-state index contributed by atoms with van der Waals surface area (Å²) in [7, 11) is 0. The fourth-order valence-electron chi connectivity index (χ4n) is 3.27. The Morgan fingerprint density at radius 1 is 1.24 bits per heavy atom. The molecule has 0 radical (unpaired) electrons. The Morgan fingerprint density at radius 2 is 1.96 bits per heavy atom. The van der Waals surface area contributed by atoms with Crippen LogP contribution < -0.4 is 10.2 Å². The van der Waals surface area contributed by atoms with Crippen molar-refractivity contribution < 1.29 is 9.72 Å². The average Bonchev–Trinajstić information content (AvgIpc) is 3.04. The molecule has 3 rings (SSSR count). The van der Waals surface area contributed by atoms with E-state index in [4.69, 9.17) is 0 Å². The summed E-state index contributed by atoms with van der Waals surface area (Å²) in [4.78, 5) is 25.1. The standard InChI is InChI=1S/C19H21N3O3/c1-14(21-11-10-15-6-2-4-8-17(15)21)13-20-19(23)12-16-7-3-5-9-18(16)22(24)25/h2-9,14H,10-13H2,1H3,(H,20,23). The maximum absolute atomic E-state index is 12.2. The van der Waals surface area contributed by atoms with Gasteiger partial charge in [0.25, 0.3) is 5.69 Å². The van der Waals surface area contributed by atoms with E-state index in [1.54, 1.807) is 18.2 Å². The fraction of sp³-hybridized carbons (Fsp3) is 0.316.